The van der Waals surface area contributed by atoms with Gasteiger partial charge in [-0.2, -0.15) is 0 Å². The Balaban J connectivity index is 2.75. The van der Waals surface area contributed by atoms with Crippen LogP contribution in [0.4, 0.5) is 0 Å². The topological polar surface area (TPSA) is 35.5 Å². The molecule has 3 nitrogen and oxygen atoms in total. The van der Waals surface area contributed by atoms with Crippen LogP contribution in [-0.4, -0.2) is 19.2 Å². The van der Waals surface area contributed by atoms with Crippen LogP contribution in [0.3, 0.4) is 0 Å². The number of carbonyl (C=O) groups is 1. The summed E-state index contributed by atoms with van der Waals surface area (Å²) in [5.74, 6) is 0.399. The highest BCUT2D eigenvalue weighted by atomic mass is 16.6. The van der Waals surface area contributed by atoms with E-state index < -0.39 is 6.10 Å². The molecular formula is C12H16O3. The highest BCUT2D eigenvalue weighted by Gasteiger charge is 2.19. The number of hydrogen-bond acceptors (Lipinski definition) is 3. The Kier molecular flexibility index (Phi) is 4.16. The fraction of sp³-hybridized carbons (Fsp3) is 0.417. The van der Waals surface area contributed by atoms with Crippen LogP contribution in [0.5, 0.6) is 5.75 Å². The van der Waals surface area contributed by atoms with Crippen LogP contribution in [0.1, 0.15) is 18.9 Å². The van der Waals surface area contributed by atoms with Crippen LogP contribution in [0.25, 0.3) is 0 Å². The molecule has 1 aromatic carbocycles. The molecule has 0 saturated heterocycles. The fourth-order valence-corrected chi connectivity index (χ4v) is 1.27. The second kappa shape index (κ2) is 5.39. The van der Waals surface area contributed by atoms with Gasteiger partial charge in [0.1, 0.15) is 5.75 Å². The third kappa shape index (κ3) is 2.98. The monoisotopic (exact) mass is 208 g/mol. The van der Waals surface area contributed by atoms with Gasteiger partial charge in [0.2, 0.25) is 0 Å². The summed E-state index contributed by atoms with van der Waals surface area (Å²) in [7, 11) is 1.37. The lowest BCUT2D eigenvalue weighted by Gasteiger charge is -2.16. The fourth-order valence-electron chi connectivity index (χ4n) is 1.27. The standard InChI is InChI=1S/C12H16O3/c1-4-10(12(13)14-3)15-11-8-6-5-7-9(11)2/h5-8,10H,4H2,1-3H3. The van der Waals surface area contributed by atoms with Crippen molar-refractivity contribution in [2.75, 3.05) is 7.11 Å². The summed E-state index contributed by atoms with van der Waals surface area (Å²) in [6, 6.07) is 7.61. The number of para-hydroxylation sites is 1. The van der Waals surface area contributed by atoms with Crippen molar-refractivity contribution in [3.63, 3.8) is 0 Å². The molecule has 0 spiro atoms. The zero-order chi connectivity index (χ0) is 11.3. The van der Waals surface area contributed by atoms with Gasteiger partial charge >= 0.3 is 5.97 Å². The smallest absolute Gasteiger partial charge is 0.347 e. The Morgan fingerprint density at radius 3 is 2.60 bits per heavy atom. The maximum absolute atomic E-state index is 11.3. The maximum Gasteiger partial charge on any atom is 0.347 e. The Morgan fingerprint density at radius 1 is 1.40 bits per heavy atom. The van der Waals surface area contributed by atoms with E-state index in [0.717, 1.165) is 11.3 Å². The van der Waals surface area contributed by atoms with E-state index in [0.29, 0.717) is 6.42 Å². The van der Waals surface area contributed by atoms with E-state index in [1.54, 1.807) is 0 Å². The molecule has 1 rings (SSSR count). The van der Waals surface area contributed by atoms with Crippen LogP contribution in [0.2, 0.25) is 0 Å². The molecule has 0 aromatic heterocycles. The molecule has 1 atom stereocenters. The van der Waals surface area contributed by atoms with E-state index in [4.69, 9.17) is 4.74 Å². The van der Waals surface area contributed by atoms with Crippen LogP contribution in [-0.2, 0) is 9.53 Å². The molecule has 0 heterocycles. The predicted octanol–water partition coefficient (Wildman–Crippen LogP) is 2.33. The van der Waals surface area contributed by atoms with Gasteiger partial charge < -0.3 is 9.47 Å². The molecule has 0 N–H and O–H groups in total. The highest BCUT2D eigenvalue weighted by molar-refractivity contribution is 5.74. The second-order valence-electron chi connectivity index (χ2n) is 3.30. The molecule has 0 amide bonds. The highest BCUT2D eigenvalue weighted by Crippen LogP contribution is 2.19. The van der Waals surface area contributed by atoms with Crippen LogP contribution in [0, 0.1) is 6.92 Å². The molecule has 1 aromatic rings. The first-order valence-electron chi connectivity index (χ1n) is 4.99. The van der Waals surface area contributed by atoms with E-state index in [9.17, 15) is 4.79 Å². The first-order valence-corrected chi connectivity index (χ1v) is 4.99. The van der Waals surface area contributed by atoms with Crippen molar-refractivity contribution in [2.24, 2.45) is 0 Å². The van der Waals surface area contributed by atoms with E-state index in [1.807, 2.05) is 38.1 Å². The van der Waals surface area contributed by atoms with Crippen molar-refractivity contribution in [1.29, 1.82) is 0 Å². The molecular weight excluding hydrogens is 192 g/mol. The summed E-state index contributed by atoms with van der Waals surface area (Å²) in [6.07, 6.45) is 0.0807. The molecule has 0 saturated carbocycles. The zero-order valence-electron chi connectivity index (χ0n) is 9.32. The summed E-state index contributed by atoms with van der Waals surface area (Å²) in [4.78, 5) is 11.3. The van der Waals surface area contributed by atoms with Crippen LogP contribution >= 0.6 is 0 Å². The summed E-state index contributed by atoms with van der Waals surface area (Å²) >= 11 is 0. The molecule has 3 heteroatoms. The largest absolute Gasteiger partial charge is 0.478 e. The molecule has 0 fully saturated rings. The first kappa shape index (κ1) is 11.6. The minimum Gasteiger partial charge on any atom is -0.478 e. The van der Waals surface area contributed by atoms with Crippen molar-refractivity contribution in [3.8, 4) is 5.75 Å². The lowest BCUT2D eigenvalue weighted by Crippen LogP contribution is -2.27. The molecule has 82 valence electrons. The Labute approximate surface area is 90.0 Å². The molecule has 0 aliphatic rings. The second-order valence-corrected chi connectivity index (χ2v) is 3.30. The molecule has 0 aliphatic carbocycles. The summed E-state index contributed by atoms with van der Waals surface area (Å²) < 4.78 is 10.2. The molecule has 1 unspecified atom stereocenters. The van der Waals surface area contributed by atoms with E-state index in [2.05, 4.69) is 4.74 Å². The van der Waals surface area contributed by atoms with Gasteiger partial charge in [0.15, 0.2) is 6.10 Å². The Bertz CT molecular complexity index is 333. The number of benzene rings is 1. The number of ether oxygens (including phenoxy) is 2. The van der Waals surface area contributed by atoms with Crippen LogP contribution < -0.4 is 4.74 Å². The number of rotatable bonds is 4. The van der Waals surface area contributed by atoms with Crippen molar-refractivity contribution in [3.05, 3.63) is 29.8 Å². The SMILES string of the molecule is CCC(Oc1ccccc1C)C(=O)OC. The number of esters is 1. The van der Waals surface area contributed by atoms with Gasteiger partial charge in [0.25, 0.3) is 0 Å². The van der Waals surface area contributed by atoms with Gasteiger partial charge in [0, 0.05) is 0 Å². The van der Waals surface area contributed by atoms with E-state index in [-0.39, 0.29) is 5.97 Å². The van der Waals surface area contributed by atoms with Gasteiger partial charge in [-0.15, -0.1) is 0 Å². The van der Waals surface area contributed by atoms with Gasteiger partial charge in [0.05, 0.1) is 7.11 Å². The normalized spacial score (nSPS) is 11.9. The summed E-state index contributed by atoms with van der Waals surface area (Å²) in [5, 5.41) is 0. The summed E-state index contributed by atoms with van der Waals surface area (Å²) in [5.41, 5.74) is 1.01. The van der Waals surface area contributed by atoms with Gasteiger partial charge in [-0.25, -0.2) is 4.79 Å². The van der Waals surface area contributed by atoms with Gasteiger partial charge in [-0.05, 0) is 25.0 Å². The maximum atomic E-state index is 11.3. The quantitative estimate of drug-likeness (QED) is 0.712. The Morgan fingerprint density at radius 2 is 2.07 bits per heavy atom. The number of hydrogen-bond donors (Lipinski definition) is 0. The van der Waals surface area contributed by atoms with E-state index >= 15 is 0 Å². The number of aryl methyl sites for hydroxylation is 1. The lowest BCUT2D eigenvalue weighted by molar-refractivity contribution is -0.148. The average molecular weight is 208 g/mol. The van der Waals surface area contributed by atoms with Crippen molar-refractivity contribution in [1.82, 2.24) is 0 Å². The zero-order valence-corrected chi connectivity index (χ0v) is 9.32. The minimum atomic E-state index is -0.518. The van der Waals surface area contributed by atoms with E-state index in [1.165, 1.54) is 7.11 Å². The third-order valence-corrected chi connectivity index (χ3v) is 2.20. The lowest BCUT2D eigenvalue weighted by atomic mass is 10.2. The van der Waals surface area contributed by atoms with Crippen molar-refractivity contribution < 1.29 is 14.3 Å². The van der Waals surface area contributed by atoms with Gasteiger partial charge in [-0.1, -0.05) is 25.1 Å². The minimum absolute atomic E-state index is 0.333. The molecule has 0 bridgehead atoms. The molecule has 0 radical (unpaired) electrons. The summed E-state index contributed by atoms with van der Waals surface area (Å²) in [6.45, 7) is 3.83. The van der Waals surface area contributed by atoms with Crippen molar-refractivity contribution >= 4 is 5.97 Å². The first-order chi connectivity index (χ1) is 7.19. The van der Waals surface area contributed by atoms with Crippen LogP contribution in [0.15, 0.2) is 24.3 Å². The third-order valence-electron chi connectivity index (χ3n) is 2.20. The number of methoxy groups -OCH3 is 1. The number of carbonyl (C=O) groups excluding carboxylic acids is 1. The average Bonchev–Trinajstić information content (AvgIpc) is 2.27. The van der Waals surface area contributed by atoms with Gasteiger partial charge in [-0.3, -0.25) is 0 Å². The predicted molar refractivity (Wildman–Crippen MR) is 57.9 cm³/mol. The Hall–Kier alpha value is -1.51. The molecule has 0 aliphatic heterocycles. The molecule has 15 heavy (non-hydrogen) atoms. The van der Waals surface area contributed by atoms with Crippen molar-refractivity contribution in [2.45, 2.75) is 26.4 Å².